The van der Waals surface area contributed by atoms with Gasteiger partial charge in [0.25, 0.3) is 0 Å². The molecule has 0 amide bonds. The van der Waals surface area contributed by atoms with Gasteiger partial charge >= 0.3 is 0 Å². The number of likely N-dealkylation sites (N-methyl/N-ethyl adjacent to an activating group) is 1. The van der Waals surface area contributed by atoms with Crippen LogP contribution in [0.2, 0.25) is 5.02 Å². The molecule has 0 radical (unpaired) electrons. The molecule has 0 saturated carbocycles. The number of anilines is 2. The molecule has 3 N–H and O–H groups in total. The molecule has 0 aliphatic rings. The Morgan fingerprint density at radius 1 is 1.35 bits per heavy atom. The Bertz CT molecular complexity index is 479. The molecule has 0 aliphatic carbocycles. The fourth-order valence-electron chi connectivity index (χ4n) is 1.80. The van der Waals surface area contributed by atoms with Crippen LogP contribution in [-0.2, 0) is 6.42 Å². The molecule has 0 atom stereocenters. The van der Waals surface area contributed by atoms with Crippen LogP contribution in [0.3, 0.4) is 0 Å². The number of nitrogens with zero attached hydrogens (tertiary/aromatic N) is 1. The first-order valence-corrected chi connectivity index (χ1v) is 5.92. The molecule has 1 aromatic heterocycles. The lowest BCUT2D eigenvalue weighted by Crippen LogP contribution is -2.21. The molecule has 1 aromatic carbocycles. The van der Waals surface area contributed by atoms with E-state index < -0.39 is 0 Å². The van der Waals surface area contributed by atoms with Crippen molar-refractivity contribution in [3.63, 3.8) is 0 Å². The summed E-state index contributed by atoms with van der Waals surface area (Å²) < 4.78 is 0. The van der Waals surface area contributed by atoms with Crippen LogP contribution in [0.1, 0.15) is 5.56 Å². The van der Waals surface area contributed by atoms with Gasteiger partial charge in [-0.25, -0.2) is 0 Å². The summed E-state index contributed by atoms with van der Waals surface area (Å²) in [4.78, 5) is 5.19. The highest BCUT2D eigenvalue weighted by molar-refractivity contribution is 6.31. The largest absolute Gasteiger partial charge is 0.397 e. The first kappa shape index (κ1) is 11.9. The predicted octanol–water partition coefficient (Wildman–Crippen LogP) is 2.93. The summed E-state index contributed by atoms with van der Waals surface area (Å²) >= 11 is 5.88. The van der Waals surface area contributed by atoms with E-state index in [2.05, 4.69) is 16.0 Å². The number of H-pyrrole nitrogens is 1. The Balaban J connectivity index is 2.01. The van der Waals surface area contributed by atoms with Gasteiger partial charge in [0.2, 0.25) is 0 Å². The van der Waals surface area contributed by atoms with Gasteiger partial charge in [-0.1, -0.05) is 11.6 Å². The molecule has 0 unspecified atom stereocenters. The first-order valence-electron chi connectivity index (χ1n) is 5.54. The van der Waals surface area contributed by atoms with Gasteiger partial charge in [-0.05, 0) is 36.2 Å². The number of nitrogens with one attached hydrogen (secondary N) is 1. The Kier molecular flexibility index (Phi) is 3.59. The average Bonchev–Trinajstić information content (AvgIpc) is 2.78. The van der Waals surface area contributed by atoms with Crippen molar-refractivity contribution in [3.05, 3.63) is 47.2 Å². The maximum Gasteiger partial charge on any atom is 0.0598 e. The lowest BCUT2D eigenvalue weighted by Gasteiger charge is -2.20. The number of hydrogen-bond donors (Lipinski definition) is 2. The van der Waals surface area contributed by atoms with Crippen LogP contribution in [0.5, 0.6) is 0 Å². The second-order valence-electron chi connectivity index (χ2n) is 4.09. The van der Waals surface area contributed by atoms with Crippen LogP contribution in [0.15, 0.2) is 36.7 Å². The number of nitrogen functional groups attached to an aromatic ring is 1. The third-order valence-corrected chi connectivity index (χ3v) is 3.03. The van der Waals surface area contributed by atoms with Gasteiger partial charge < -0.3 is 15.6 Å². The molecule has 0 aliphatic heterocycles. The SMILES string of the molecule is CN(CCc1cc[nH]c1)c1ccc(Cl)cc1N. The van der Waals surface area contributed by atoms with Gasteiger partial charge in [0.05, 0.1) is 11.4 Å². The predicted molar refractivity (Wildman–Crippen MR) is 73.6 cm³/mol. The second-order valence-corrected chi connectivity index (χ2v) is 4.53. The number of halogens is 1. The van der Waals surface area contributed by atoms with E-state index in [-0.39, 0.29) is 0 Å². The minimum atomic E-state index is 0.672. The van der Waals surface area contributed by atoms with Crippen LogP contribution in [0, 0.1) is 0 Å². The topological polar surface area (TPSA) is 45.0 Å². The van der Waals surface area contributed by atoms with Crippen LogP contribution >= 0.6 is 11.6 Å². The Hall–Kier alpha value is -1.61. The fraction of sp³-hybridized carbons (Fsp3) is 0.231. The normalized spacial score (nSPS) is 10.5. The summed E-state index contributed by atoms with van der Waals surface area (Å²) in [7, 11) is 2.03. The third kappa shape index (κ3) is 2.94. The minimum absolute atomic E-state index is 0.672. The van der Waals surface area contributed by atoms with Gasteiger partial charge in [0.15, 0.2) is 0 Å². The standard InChI is InChI=1S/C13H16ClN3/c1-17(7-5-10-4-6-16-9-10)13-3-2-11(14)8-12(13)15/h2-4,6,8-9,16H,5,7,15H2,1H3. The highest BCUT2D eigenvalue weighted by atomic mass is 35.5. The lowest BCUT2D eigenvalue weighted by molar-refractivity contribution is 0.879. The molecular formula is C13H16ClN3. The first-order chi connectivity index (χ1) is 8.16. The molecule has 0 spiro atoms. The summed E-state index contributed by atoms with van der Waals surface area (Å²) in [5, 5.41) is 0.672. The van der Waals surface area contributed by atoms with Crippen molar-refractivity contribution in [1.29, 1.82) is 0 Å². The van der Waals surface area contributed by atoms with E-state index in [9.17, 15) is 0 Å². The van der Waals surface area contributed by atoms with Gasteiger partial charge in [0.1, 0.15) is 0 Å². The van der Waals surface area contributed by atoms with Crippen LogP contribution in [-0.4, -0.2) is 18.6 Å². The Labute approximate surface area is 106 Å². The molecule has 90 valence electrons. The van der Waals surface area contributed by atoms with Crippen molar-refractivity contribution in [2.45, 2.75) is 6.42 Å². The smallest absolute Gasteiger partial charge is 0.0598 e. The van der Waals surface area contributed by atoms with Gasteiger partial charge in [0, 0.05) is 31.0 Å². The Morgan fingerprint density at radius 3 is 2.82 bits per heavy atom. The number of benzene rings is 1. The van der Waals surface area contributed by atoms with E-state index in [1.54, 1.807) is 6.07 Å². The number of aromatic amines is 1. The van der Waals surface area contributed by atoms with Crippen molar-refractivity contribution < 1.29 is 0 Å². The van der Waals surface area contributed by atoms with E-state index in [0.717, 1.165) is 18.7 Å². The molecule has 0 saturated heterocycles. The fourth-order valence-corrected chi connectivity index (χ4v) is 1.98. The zero-order chi connectivity index (χ0) is 12.3. The summed E-state index contributed by atoms with van der Waals surface area (Å²) in [6, 6.07) is 7.68. The van der Waals surface area contributed by atoms with Crippen molar-refractivity contribution in [2.24, 2.45) is 0 Å². The molecule has 17 heavy (non-hydrogen) atoms. The van der Waals surface area contributed by atoms with E-state index in [1.807, 2.05) is 31.6 Å². The van der Waals surface area contributed by atoms with E-state index in [4.69, 9.17) is 17.3 Å². The van der Waals surface area contributed by atoms with Gasteiger partial charge in [-0.2, -0.15) is 0 Å². The monoisotopic (exact) mass is 249 g/mol. The lowest BCUT2D eigenvalue weighted by atomic mass is 10.2. The molecule has 2 aromatic rings. The molecule has 0 fully saturated rings. The van der Waals surface area contributed by atoms with Crippen molar-refractivity contribution >= 4 is 23.0 Å². The maximum absolute atomic E-state index is 5.94. The van der Waals surface area contributed by atoms with E-state index in [0.29, 0.717) is 10.7 Å². The number of hydrogen-bond acceptors (Lipinski definition) is 2. The number of aromatic nitrogens is 1. The van der Waals surface area contributed by atoms with Crippen LogP contribution in [0.4, 0.5) is 11.4 Å². The Morgan fingerprint density at radius 2 is 2.18 bits per heavy atom. The zero-order valence-corrected chi connectivity index (χ0v) is 10.5. The average molecular weight is 250 g/mol. The van der Waals surface area contributed by atoms with E-state index >= 15 is 0 Å². The van der Waals surface area contributed by atoms with Crippen LogP contribution in [0.25, 0.3) is 0 Å². The second kappa shape index (κ2) is 5.15. The molecule has 4 heteroatoms. The number of rotatable bonds is 4. The van der Waals surface area contributed by atoms with Gasteiger partial charge in [-0.15, -0.1) is 0 Å². The summed E-state index contributed by atoms with van der Waals surface area (Å²) in [5.74, 6) is 0. The molecule has 0 bridgehead atoms. The van der Waals surface area contributed by atoms with Gasteiger partial charge in [-0.3, -0.25) is 0 Å². The maximum atomic E-state index is 5.94. The third-order valence-electron chi connectivity index (χ3n) is 2.80. The quantitative estimate of drug-likeness (QED) is 0.819. The molecular weight excluding hydrogens is 234 g/mol. The van der Waals surface area contributed by atoms with Crippen molar-refractivity contribution in [1.82, 2.24) is 4.98 Å². The molecule has 1 heterocycles. The summed E-state index contributed by atoms with van der Waals surface area (Å²) in [5.41, 5.74) is 8.97. The van der Waals surface area contributed by atoms with E-state index in [1.165, 1.54) is 5.56 Å². The molecule has 3 nitrogen and oxygen atoms in total. The van der Waals surface area contributed by atoms with Crippen molar-refractivity contribution in [3.8, 4) is 0 Å². The highest BCUT2D eigenvalue weighted by Gasteiger charge is 2.06. The summed E-state index contributed by atoms with van der Waals surface area (Å²) in [6.07, 6.45) is 4.94. The highest BCUT2D eigenvalue weighted by Crippen LogP contribution is 2.25. The molecule has 2 rings (SSSR count). The zero-order valence-electron chi connectivity index (χ0n) is 9.78. The van der Waals surface area contributed by atoms with Crippen molar-refractivity contribution in [2.75, 3.05) is 24.2 Å². The minimum Gasteiger partial charge on any atom is -0.397 e. The number of nitrogens with two attached hydrogens (primary N) is 1. The van der Waals surface area contributed by atoms with Crippen LogP contribution < -0.4 is 10.6 Å². The summed E-state index contributed by atoms with van der Waals surface area (Å²) in [6.45, 7) is 0.920.